The number of nitrogens with one attached hydrogen (secondary N) is 1. The third-order valence-electron chi connectivity index (χ3n) is 5.38. The van der Waals surface area contributed by atoms with E-state index in [-0.39, 0.29) is 5.91 Å². The van der Waals surface area contributed by atoms with E-state index in [0.717, 1.165) is 25.2 Å². The van der Waals surface area contributed by atoms with Crippen LogP contribution in [0.2, 0.25) is 0 Å². The number of hydrogen-bond acceptors (Lipinski definition) is 2. The summed E-state index contributed by atoms with van der Waals surface area (Å²) in [5.74, 6) is 0.871. The van der Waals surface area contributed by atoms with Crippen LogP contribution in [-0.4, -0.2) is 11.6 Å². The van der Waals surface area contributed by atoms with Gasteiger partial charge in [0.25, 0.3) is 0 Å². The molecule has 0 heterocycles. The fourth-order valence-electron chi connectivity index (χ4n) is 3.55. The van der Waals surface area contributed by atoms with Gasteiger partial charge in [-0.1, -0.05) is 72.6 Å². The van der Waals surface area contributed by atoms with Gasteiger partial charge in [-0.25, -0.2) is 5.43 Å². The Hall–Kier alpha value is -0.860. The predicted octanol–water partition coefficient (Wildman–Crippen LogP) is 6.23. The van der Waals surface area contributed by atoms with Crippen LogP contribution in [0.1, 0.15) is 111 Å². The molecule has 1 N–H and O–H groups in total. The van der Waals surface area contributed by atoms with Crippen molar-refractivity contribution in [3.05, 3.63) is 0 Å². The number of hydrogen-bond donors (Lipinski definition) is 1. The molecule has 0 radical (unpaired) electrons. The average Bonchev–Trinajstić information content (AvgIpc) is 2.55. The van der Waals surface area contributed by atoms with Gasteiger partial charge >= 0.3 is 0 Å². The summed E-state index contributed by atoms with van der Waals surface area (Å²) >= 11 is 0. The number of nitrogens with zero attached hydrogens (tertiary/aromatic N) is 1. The summed E-state index contributed by atoms with van der Waals surface area (Å²) in [6.45, 7) is 9.22. The van der Waals surface area contributed by atoms with E-state index in [4.69, 9.17) is 0 Å². The van der Waals surface area contributed by atoms with Gasteiger partial charge in [0.1, 0.15) is 0 Å². The van der Waals surface area contributed by atoms with Crippen molar-refractivity contribution in [1.82, 2.24) is 5.43 Å². The first kappa shape index (κ1) is 21.2. The molecular formula is C21H40N2O. The van der Waals surface area contributed by atoms with Crippen LogP contribution in [0.5, 0.6) is 0 Å². The third-order valence-corrected chi connectivity index (χ3v) is 5.38. The predicted molar refractivity (Wildman–Crippen MR) is 104 cm³/mol. The molecule has 1 saturated carbocycles. The van der Waals surface area contributed by atoms with Crippen molar-refractivity contribution in [2.45, 2.75) is 111 Å². The van der Waals surface area contributed by atoms with E-state index in [2.05, 4.69) is 38.2 Å². The molecule has 0 aromatic carbocycles. The lowest BCUT2D eigenvalue weighted by molar-refractivity contribution is -0.121. The number of amides is 1. The van der Waals surface area contributed by atoms with Crippen LogP contribution in [0, 0.1) is 11.3 Å². The molecule has 0 aliphatic heterocycles. The highest BCUT2D eigenvalue weighted by molar-refractivity contribution is 5.86. The summed E-state index contributed by atoms with van der Waals surface area (Å²) < 4.78 is 0. The van der Waals surface area contributed by atoms with Crippen LogP contribution in [0.4, 0.5) is 0 Å². The van der Waals surface area contributed by atoms with Crippen molar-refractivity contribution >= 4 is 11.6 Å². The van der Waals surface area contributed by atoms with E-state index in [9.17, 15) is 4.79 Å². The summed E-state index contributed by atoms with van der Waals surface area (Å²) in [6.07, 6.45) is 15.2. The van der Waals surface area contributed by atoms with Gasteiger partial charge in [0.15, 0.2) is 0 Å². The molecule has 0 aromatic heterocycles. The molecule has 1 aliphatic rings. The Balaban J connectivity index is 2.06. The standard InChI is InChI=1S/C21H40N2O/c1-5-6-7-8-9-10-11-12-13-20(24)23-22-19-16-14-18(15-17-19)21(2,3)4/h18H,5-17H2,1-4H3,(H,23,24). The minimum absolute atomic E-state index is 0.0893. The van der Waals surface area contributed by atoms with Gasteiger partial charge in [0.2, 0.25) is 5.91 Å². The van der Waals surface area contributed by atoms with Gasteiger partial charge in [-0.05, 0) is 43.4 Å². The first-order valence-electron chi connectivity index (χ1n) is 10.3. The second-order valence-corrected chi connectivity index (χ2v) is 8.58. The van der Waals surface area contributed by atoms with Crippen LogP contribution < -0.4 is 5.43 Å². The first-order valence-corrected chi connectivity index (χ1v) is 10.3. The zero-order chi connectivity index (χ0) is 17.8. The molecule has 3 heteroatoms. The maximum atomic E-state index is 11.9. The minimum Gasteiger partial charge on any atom is -0.273 e. The Morgan fingerprint density at radius 2 is 1.54 bits per heavy atom. The molecule has 1 rings (SSSR count). The van der Waals surface area contributed by atoms with Crippen molar-refractivity contribution in [2.24, 2.45) is 16.4 Å². The highest BCUT2D eigenvalue weighted by Crippen LogP contribution is 2.36. The van der Waals surface area contributed by atoms with Crippen molar-refractivity contribution in [3.8, 4) is 0 Å². The molecule has 24 heavy (non-hydrogen) atoms. The van der Waals surface area contributed by atoms with Gasteiger partial charge in [0.05, 0.1) is 0 Å². The van der Waals surface area contributed by atoms with Crippen molar-refractivity contribution in [3.63, 3.8) is 0 Å². The Labute approximate surface area is 150 Å². The van der Waals surface area contributed by atoms with Gasteiger partial charge in [-0.2, -0.15) is 5.10 Å². The molecule has 0 unspecified atom stereocenters. The van der Waals surface area contributed by atoms with E-state index in [1.165, 1.54) is 63.5 Å². The molecule has 0 aromatic rings. The van der Waals surface area contributed by atoms with Crippen molar-refractivity contribution in [2.75, 3.05) is 0 Å². The number of hydrazone groups is 1. The molecular weight excluding hydrogens is 296 g/mol. The highest BCUT2D eigenvalue weighted by Gasteiger charge is 2.28. The van der Waals surface area contributed by atoms with Crippen molar-refractivity contribution in [1.29, 1.82) is 0 Å². The van der Waals surface area contributed by atoms with E-state index in [1.807, 2.05) is 0 Å². The first-order chi connectivity index (χ1) is 11.4. The molecule has 0 atom stereocenters. The lowest BCUT2D eigenvalue weighted by atomic mass is 9.72. The molecule has 0 bridgehead atoms. The lowest BCUT2D eigenvalue weighted by Gasteiger charge is -2.34. The fourth-order valence-corrected chi connectivity index (χ4v) is 3.55. The Kier molecular flexibility index (Phi) is 10.3. The summed E-state index contributed by atoms with van der Waals surface area (Å²) in [5.41, 5.74) is 4.35. The van der Waals surface area contributed by atoms with Gasteiger partial charge in [-0.3, -0.25) is 4.79 Å². The topological polar surface area (TPSA) is 41.5 Å². The summed E-state index contributed by atoms with van der Waals surface area (Å²) in [7, 11) is 0. The van der Waals surface area contributed by atoms with E-state index < -0.39 is 0 Å². The normalized spacial score (nSPS) is 18.5. The van der Waals surface area contributed by atoms with Crippen LogP contribution in [-0.2, 0) is 4.79 Å². The molecule has 3 nitrogen and oxygen atoms in total. The van der Waals surface area contributed by atoms with Gasteiger partial charge in [-0.15, -0.1) is 0 Å². The Morgan fingerprint density at radius 3 is 2.08 bits per heavy atom. The van der Waals surface area contributed by atoms with E-state index in [0.29, 0.717) is 11.8 Å². The van der Waals surface area contributed by atoms with Gasteiger partial charge in [0, 0.05) is 12.1 Å². The third kappa shape index (κ3) is 9.44. The lowest BCUT2D eigenvalue weighted by Crippen LogP contribution is -2.27. The van der Waals surface area contributed by atoms with Crippen molar-refractivity contribution < 1.29 is 4.79 Å². The molecule has 0 saturated heterocycles. The summed E-state index contributed by atoms with van der Waals surface area (Å²) in [4.78, 5) is 11.9. The van der Waals surface area contributed by atoms with Crippen LogP contribution in [0.25, 0.3) is 0 Å². The smallest absolute Gasteiger partial charge is 0.240 e. The summed E-state index contributed by atoms with van der Waals surface area (Å²) in [6, 6.07) is 0. The highest BCUT2D eigenvalue weighted by atomic mass is 16.2. The molecule has 1 amide bonds. The Morgan fingerprint density at radius 1 is 1.00 bits per heavy atom. The zero-order valence-corrected chi connectivity index (χ0v) is 16.6. The molecule has 1 fully saturated rings. The number of carbonyl (C=O) groups is 1. The SMILES string of the molecule is CCCCCCCCCCC(=O)NN=C1CCC(C(C)(C)C)CC1. The summed E-state index contributed by atoms with van der Waals surface area (Å²) in [5, 5.41) is 4.37. The number of unbranched alkanes of at least 4 members (excludes halogenated alkanes) is 7. The zero-order valence-electron chi connectivity index (χ0n) is 16.6. The molecule has 140 valence electrons. The Bertz CT molecular complexity index is 372. The van der Waals surface area contributed by atoms with E-state index >= 15 is 0 Å². The van der Waals surface area contributed by atoms with Crippen LogP contribution in [0.15, 0.2) is 5.10 Å². The average molecular weight is 337 g/mol. The quantitative estimate of drug-likeness (QED) is 0.373. The second kappa shape index (κ2) is 11.7. The monoisotopic (exact) mass is 336 g/mol. The molecule has 1 aliphatic carbocycles. The molecule has 0 spiro atoms. The van der Waals surface area contributed by atoms with Gasteiger partial charge < -0.3 is 0 Å². The minimum atomic E-state index is 0.0893. The van der Waals surface area contributed by atoms with E-state index in [1.54, 1.807) is 0 Å². The number of rotatable bonds is 10. The largest absolute Gasteiger partial charge is 0.273 e. The van der Waals surface area contributed by atoms with Crippen LogP contribution >= 0.6 is 0 Å². The van der Waals surface area contributed by atoms with Crippen LogP contribution in [0.3, 0.4) is 0 Å². The fraction of sp³-hybridized carbons (Fsp3) is 0.905. The maximum absolute atomic E-state index is 11.9. The second-order valence-electron chi connectivity index (χ2n) is 8.58. The maximum Gasteiger partial charge on any atom is 0.240 e. The number of carbonyl (C=O) groups excluding carboxylic acids is 1.